The third-order valence-electron chi connectivity index (χ3n) is 3.30. The Morgan fingerprint density at radius 1 is 1.29 bits per heavy atom. The summed E-state index contributed by atoms with van der Waals surface area (Å²) in [7, 11) is 3.25. The molecule has 5 heteroatoms. The zero-order valence-electron chi connectivity index (χ0n) is 11.1. The Kier molecular flexibility index (Phi) is 5.36. The Labute approximate surface area is 103 Å². The van der Waals surface area contributed by atoms with Crippen LogP contribution in [0.15, 0.2) is 0 Å². The highest BCUT2D eigenvalue weighted by Crippen LogP contribution is 2.38. The summed E-state index contributed by atoms with van der Waals surface area (Å²) in [6, 6.07) is 0. The summed E-state index contributed by atoms with van der Waals surface area (Å²) >= 11 is 0. The van der Waals surface area contributed by atoms with E-state index in [-0.39, 0.29) is 5.91 Å². The number of rotatable bonds is 8. The Morgan fingerprint density at radius 3 is 2.12 bits per heavy atom. The lowest BCUT2D eigenvalue weighted by Crippen LogP contribution is -2.56. The van der Waals surface area contributed by atoms with Crippen LogP contribution < -0.4 is 5.73 Å². The molecule has 0 aromatic rings. The molecule has 0 spiro atoms. The van der Waals surface area contributed by atoms with E-state index < -0.39 is 5.54 Å². The molecule has 2 N–H and O–H groups in total. The topological polar surface area (TPSA) is 64.8 Å². The van der Waals surface area contributed by atoms with Crippen LogP contribution in [0.25, 0.3) is 0 Å². The number of methoxy groups -OCH3 is 2. The van der Waals surface area contributed by atoms with Gasteiger partial charge in [-0.05, 0) is 25.7 Å². The van der Waals surface area contributed by atoms with E-state index in [0.717, 1.165) is 12.8 Å². The number of carbonyl (C=O) groups is 1. The molecule has 0 aromatic carbocycles. The molecule has 1 saturated carbocycles. The van der Waals surface area contributed by atoms with Gasteiger partial charge in [0.25, 0.3) is 0 Å². The van der Waals surface area contributed by atoms with E-state index in [0.29, 0.717) is 32.2 Å². The van der Waals surface area contributed by atoms with E-state index >= 15 is 0 Å². The highest BCUT2D eigenvalue weighted by atomic mass is 16.5. The van der Waals surface area contributed by atoms with E-state index in [9.17, 15) is 4.79 Å². The number of nitrogens with two attached hydrogens (primary N) is 1. The first-order valence-electron chi connectivity index (χ1n) is 6.10. The van der Waals surface area contributed by atoms with Crippen molar-refractivity contribution in [1.82, 2.24) is 4.90 Å². The average Bonchev–Trinajstić information content (AvgIpc) is 3.12. The molecular weight excluding hydrogens is 220 g/mol. The summed E-state index contributed by atoms with van der Waals surface area (Å²) in [5, 5.41) is 0. The standard InChI is InChI=1S/C12H24N2O3/c1-12(13,10-4-5-10)11(15)14(6-8-16-2)7-9-17-3/h10H,4-9,13H2,1-3H3. The Morgan fingerprint density at radius 2 is 1.76 bits per heavy atom. The summed E-state index contributed by atoms with van der Waals surface area (Å²) in [4.78, 5) is 14.1. The lowest BCUT2D eigenvalue weighted by Gasteiger charge is -2.31. The van der Waals surface area contributed by atoms with Crippen molar-refractivity contribution >= 4 is 5.91 Å². The highest BCUT2D eigenvalue weighted by Gasteiger charge is 2.45. The fraction of sp³-hybridized carbons (Fsp3) is 0.917. The smallest absolute Gasteiger partial charge is 0.242 e. The van der Waals surface area contributed by atoms with Crippen molar-refractivity contribution in [2.24, 2.45) is 11.7 Å². The maximum absolute atomic E-state index is 12.3. The molecule has 0 radical (unpaired) electrons. The lowest BCUT2D eigenvalue weighted by atomic mass is 9.95. The predicted octanol–water partition coefficient (Wildman–Crippen LogP) is 0.235. The fourth-order valence-corrected chi connectivity index (χ4v) is 1.92. The van der Waals surface area contributed by atoms with Gasteiger partial charge in [0.15, 0.2) is 0 Å². The van der Waals surface area contributed by atoms with Crippen LogP contribution in [0.3, 0.4) is 0 Å². The van der Waals surface area contributed by atoms with Crippen LogP contribution in [-0.2, 0) is 14.3 Å². The van der Waals surface area contributed by atoms with Gasteiger partial charge in [-0.2, -0.15) is 0 Å². The summed E-state index contributed by atoms with van der Waals surface area (Å²) in [5.41, 5.74) is 5.40. The fourth-order valence-electron chi connectivity index (χ4n) is 1.92. The average molecular weight is 244 g/mol. The van der Waals surface area contributed by atoms with Gasteiger partial charge in [-0.15, -0.1) is 0 Å². The molecule has 1 aliphatic carbocycles. The van der Waals surface area contributed by atoms with E-state index in [1.165, 1.54) is 0 Å². The molecule has 0 saturated heterocycles. The molecule has 5 nitrogen and oxygen atoms in total. The van der Waals surface area contributed by atoms with Crippen molar-refractivity contribution < 1.29 is 14.3 Å². The van der Waals surface area contributed by atoms with Crippen molar-refractivity contribution in [2.45, 2.75) is 25.3 Å². The second-order valence-electron chi connectivity index (χ2n) is 4.83. The third kappa shape index (κ3) is 3.94. The first-order valence-corrected chi connectivity index (χ1v) is 6.10. The minimum atomic E-state index is -0.735. The molecule has 1 amide bonds. The molecule has 1 rings (SSSR count). The van der Waals surface area contributed by atoms with Crippen LogP contribution in [0.1, 0.15) is 19.8 Å². The Hall–Kier alpha value is -0.650. The first kappa shape index (κ1) is 14.4. The summed E-state index contributed by atoms with van der Waals surface area (Å²) in [5.74, 6) is 0.344. The summed E-state index contributed by atoms with van der Waals surface area (Å²) < 4.78 is 10.0. The first-order chi connectivity index (χ1) is 8.04. The Bertz CT molecular complexity index is 244. The molecule has 0 aliphatic heterocycles. The number of nitrogens with zero attached hydrogens (tertiary/aromatic N) is 1. The molecule has 1 atom stereocenters. The van der Waals surface area contributed by atoms with Crippen molar-refractivity contribution in [3.63, 3.8) is 0 Å². The maximum atomic E-state index is 12.3. The molecule has 0 heterocycles. The van der Waals surface area contributed by atoms with Crippen molar-refractivity contribution in [3.05, 3.63) is 0 Å². The third-order valence-corrected chi connectivity index (χ3v) is 3.30. The maximum Gasteiger partial charge on any atom is 0.242 e. The second-order valence-corrected chi connectivity index (χ2v) is 4.83. The number of hydrogen-bond acceptors (Lipinski definition) is 4. The number of hydrogen-bond donors (Lipinski definition) is 1. The van der Waals surface area contributed by atoms with Crippen LogP contribution in [0.5, 0.6) is 0 Å². The van der Waals surface area contributed by atoms with Crippen molar-refractivity contribution in [2.75, 3.05) is 40.5 Å². The number of amides is 1. The van der Waals surface area contributed by atoms with Gasteiger partial charge in [0.2, 0.25) is 5.91 Å². The van der Waals surface area contributed by atoms with Gasteiger partial charge in [0.05, 0.1) is 18.8 Å². The predicted molar refractivity (Wildman–Crippen MR) is 65.6 cm³/mol. The van der Waals surface area contributed by atoms with Gasteiger partial charge in [-0.3, -0.25) is 4.79 Å². The normalized spacial score (nSPS) is 18.8. The molecule has 1 aliphatic rings. The van der Waals surface area contributed by atoms with Crippen LogP contribution in [0, 0.1) is 5.92 Å². The van der Waals surface area contributed by atoms with Crippen LogP contribution in [0.4, 0.5) is 0 Å². The zero-order valence-corrected chi connectivity index (χ0v) is 11.1. The van der Waals surface area contributed by atoms with Crippen LogP contribution >= 0.6 is 0 Å². The van der Waals surface area contributed by atoms with Crippen LogP contribution in [-0.4, -0.2) is 56.9 Å². The van der Waals surface area contributed by atoms with Crippen LogP contribution in [0.2, 0.25) is 0 Å². The van der Waals surface area contributed by atoms with Gasteiger partial charge >= 0.3 is 0 Å². The molecule has 17 heavy (non-hydrogen) atoms. The molecule has 1 fully saturated rings. The zero-order chi connectivity index (χ0) is 12.9. The molecule has 0 bridgehead atoms. The van der Waals surface area contributed by atoms with E-state index in [1.54, 1.807) is 19.1 Å². The lowest BCUT2D eigenvalue weighted by molar-refractivity contribution is -0.138. The molecule has 0 aromatic heterocycles. The SMILES string of the molecule is COCCN(CCOC)C(=O)C(C)(N)C1CC1. The number of ether oxygens (including phenoxy) is 2. The second kappa shape index (κ2) is 6.33. The summed E-state index contributed by atoms with van der Waals surface area (Å²) in [6.07, 6.45) is 2.11. The summed E-state index contributed by atoms with van der Waals surface area (Å²) in [6.45, 7) is 4.02. The molecule has 100 valence electrons. The van der Waals surface area contributed by atoms with E-state index in [2.05, 4.69) is 0 Å². The quantitative estimate of drug-likeness (QED) is 0.664. The molecule has 1 unspecified atom stereocenters. The van der Waals surface area contributed by atoms with Crippen molar-refractivity contribution in [3.8, 4) is 0 Å². The van der Waals surface area contributed by atoms with Gasteiger partial charge in [-0.1, -0.05) is 0 Å². The van der Waals surface area contributed by atoms with Gasteiger partial charge in [0, 0.05) is 27.3 Å². The van der Waals surface area contributed by atoms with Gasteiger partial charge in [0.1, 0.15) is 0 Å². The van der Waals surface area contributed by atoms with Crippen molar-refractivity contribution in [1.29, 1.82) is 0 Å². The highest BCUT2D eigenvalue weighted by molar-refractivity contribution is 5.86. The van der Waals surface area contributed by atoms with E-state index in [1.807, 2.05) is 6.92 Å². The Balaban J connectivity index is 2.56. The van der Waals surface area contributed by atoms with Gasteiger partial charge < -0.3 is 20.1 Å². The number of carbonyl (C=O) groups excluding carboxylic acids is 1. The minimum Gasteiger partial charge on any atom is -0.383 e. The monoisotopic (exact) mass is 244 g/mol. The van der Waals surface area contributed by atoms with E-state index in [4.69, 9.17) is 15.2 Å². The largest absolute Gasteiger partial charge is 0.383 e. The minimum absolute atomic E-state index is 0.00843. The molecular formula is C12H24N2O3. The van der Waals surface area contributed by atoms with Gasteiger partial charge in [-0.25, -0.2) is 0 Å².